The molecule has 0 aromatic heterocycles. The maximum Gasteiger partial charge on any atom is 0.316 e. The Bertz CT molecular complexity index is 1750. The fourth-order valence-corrected chi connectivity index (χ4v) is 7.94. The van der Waals surface area contributed by atoms with Gasteiger partial charge < -0.3 is 9.64 Å². The Morgan fingerprint density at radius 1 is 0.750 bits per heavy atom. The molecular weight excluding hydrogens is 552 g/mol. The van der Waals surface area contributed by atoms with Gasteiger partial charge in [0.1, 0.15) is 5.75 Å². The summed E-state index contributed by atoms with van der Waals surface area (Å²) in [5, 5.41) is 0. The third kappa shape index (κ3) is 3.95. The summed E-state index contributed by atoms with van der Waals surface area (Å²) in [6.45, 7) is 2.57. The van der Waals surface area contributed by atoms with Crippen LogP contribution >= 0.6 is 0 Å². The first-order valence-corrected chi connectivity index (χ1v) is 15.1. The number of esters is 1. The molecule has 2 aliphatic heterocycles. The molecule has 0 N–H and O–H groups in total. The zero-order valence-corrected chi connectivity index (χ0v) is 24.2. The Balaban J connectivity index is 1.03. The molecule has 0 spiro atoms. The summed E-state index contributed by atoms with van der Waals surface area (Å²) in [5.41, 5.74) is 6.70. The average molecular weight is 583 g/mol. The molecule has 3 aliphatic carbocycles. The van der Waals surface area contributed by atoms with Gasteiger partial charge in [-0.1, -0.05) is 78.9 Å². The highest BCUT2D eigenvalue weighted by Gasteiger charge is 2.61. The fourth-order valence-electron chi connectivity index (χ4n) is 7.94. The quantitative estimate of drug-likeness (QED) is 0.180. The van der Waals surface area contributed by atoms with E-state index in [9.17, 15) is 19.2 Å². The lowest BCUT2D eigenvalue weighted by molar-refractivity contribution is -0.139. The van der Waals surface area contributed by atoms with Crippen molar-refractivity contribution in [3.63, 3.8) is 0 Å². The van der Waals surface area contributed by atoms with E-state index in [1.165, 1.54) is 4.90 Å². The number of likely N-dealkylation sites (tertiary alicyclic amines) is 1. The van der Waals surface area contributed by atoms with Crippen LogP contribution in [0.4, 0.5) is 5.69 Å². The van der Waals surface area contributed by atoms with Gasteiger partial charge in [-0.05, 0) is 58.5 Å². The first kappa shape index (κ1) is 26.6. The van der Waals surface area contributed by atoms with E-state index in [2.05, 4.69) is 24.3 Å². The Morgan fingerprint density at radius 2 is 1.30 bits per heavy atom. The molecule has 0 radical (unpaired) electrons. The minimum absolute atomic E-state index is 0.0758. The molecule has 0 saturated carbocycles. The van der Waals surface area contributed by atoms with E-state index in [0.29, 0.717) is 30.1 Å². The molecular formula is C37H30N2O5. The minimum Gasteiger partial charge on any atom is -0.426 e. The van der Waals surface area contributed by atoms with Crippen molar-refractivity contribution in [2.45, 2.75) is 31.7 Å². The van der Waals surface area contributed by atoms with Crippen LogP contribution in [0, 0.1) is 24.7 Å². The molecule has 2 bridgehead atoms. The van der Waals surface area contributed by atoms with Gasteiger partial charge in [0.15, 0.2) is 0 Å². The van der Waals surface area contributed by atoms with E-state index in [0.717, 1.165) is 27.8 Å². The summed E-state index contributed by atoms with van der Waals surface area (Å²) in [7, 11) is 0. The zero-order valence-electron chi connectivity index (χ0n) is 24.2. The van der Waals surface area contributed by atoms with Gasteiger partial charge in [0, 0.05) is 31.3 Å². The molecule has 4 aromatic carbocycles. The molecule has 7 heteroatoms. The summed E-state index contributed by atoms with van der Waals surface area (Å²) < 4.78 is 5.71. The molecule has 7 nitrogen and oxygen atoms in total. The van der Waals surface area contributed by atoms with Crippen molar-refractivity contribution in [3.8, 4) is 5.75 Å². The Morgan fingerprint density at radius 3 is 1.84 bits per heavy atom. The normalized spacial score (nSPS) is 24.8. The van der Waals surface area contributed by atoms with Gasteiger partial charge in [0.05, 0.1) is 23.4 Å². The predicted octanol–water partition coefficient (Wildman–Crippen LogP) is 5.35. The van der Waals surface area contributed by atoms with Crippen LogP contribution in [0.5, 0.6) is 5.75 Å². The van der Waals surface area contributed by atoms with Crippen LogP contribution in [0.2, 0.25) is 0 Å². The van der Waals surface area contributed by atoms with Gasteiger partial charge in [-0.15, -0.1) is 0 Å². The molecule has 9 rings (SSSR count). The summed E-state index contributed by atoms with van der Waals surface area (Å²) >= 11 is 0. The molecule has 44 heavy (non-hydrogen) atoms. The molecule has 3 atom stereocenters. The standard InChI is InChI=1S/C37H30N2O5/c1-21-17-24(44-37(43)23-18-30(40)38(20-23)19-22-9-3-2-4-10-22)15-16-29(21)39-35(41)33-31-25-11-5-6-12-26(25)32(34(33)36(39)42)28-14-8-7-13-27(28)31/h2-17,23,31-34H,18-20H2,1H3/t23-,31?,32?,33-,34-/m1/s1. The van der Waals surface area contributed by atoms with E-state index < -0.39 is 23.7 Å². The molecule has 0 unspecified atom stereocenters. The van der Waals surface area contributed by atoms with Gasteiger partial charge in [-0.2, -0.15) is 0 Å². The monoisotopic (exact) mass is 582 g/mol. The van der Waals surface area contributed by atoms with Crippen molar-refractivity contribution in [2.75, 3.05) is 11.4 Å². The van der Waals surface area contributed by atoms with Crippen LogP contribution in [-0.4, -0.2) is 35.1 Å². The summed E-state index contributed by atoms with van der Waals surface area (Å²) in [6, 6.07) is 31.1. The number of ether oxygens (including phenoxy) is 1. The van der Waals surface area contributed by atoms with Gasteiger partial charge in [-0.25, -0.2) is 4.90 Å². The summed E-state index contributed by atoms with van der Waals surface area (Å²) in [5.74, 6) is -2.42. The molecule has 2 saturated heterocycles. The first-order chi connectivity index (χ1) is 21.4. The number of carbonyl (C=O) groups excluding carboxylic acids is 4. The largest absolute Gasteiger partial charge is 0.426 e. The second kappa shape index (κ2) is 10.0. The highest BCUT2D eigenvalue weighted by Crippen LogP contribution is 2.61. The molecule has 5 aliphatic rings. The van der Waals surface area contributed by atoms with E-state index >= 15 is 0 Å². The molecule has 218 valence electrons. The molecule has 3 amide bonds. The van der Waals surface area contributed by atoms with Crippen LogP contribution in [0.25, 0.3) is 0 Å². The maximum atomic E-state index is 14.1. The fraction of sp³-hybridized carbons (Fsp3) is 0.243. The molecule has 2 fully saturated rings. The van der Waals surface area contributed by atoms with Crippen molar-refractivity contribution in [3.05, 3.63) is 130 Å². The Hall–Kier alpha value is -5.04. The number of hydrogen-bond donors (Lipinski definition) is 0. The number of anilines is 1. The van der Waals surface area contributed by atoms with Crippen molar-refractivity contribution in [1.29, 1.82) is 0 Å². The lowest BCUT2D eigenvalue weighted by atomic mass is 9.55. The third-order valence-corrected chi connectivity index (χ3v) is 9.84. The van der Waals surface area contributed by atoms with Crippen LogP contribution < -0.4 is 9.64 Å². The number of aryl methyl sites for hydroxylation is 1. The Labute approximate surface area is 255 Å². The van der Waals surface area contributed by atoms with Crippen molar-refractivity contribution < 1.29 is 23.9 Å². The third-order valence-electron chi connectivity index (χ3n) is 9.84. The average Bonchev–Trinajstić information content (AvgIpc) is 3.53. The van der Waals surface area contributed by atoms with E-state index in [-0.39, 0.29) is 36.0 Å². The van der Waals surface area contributed by atoms with Crippen LogP contribution in [-0.2, 0) is 25.7 Å². The number of carbonyl (C=O) groups is 4. The number of hydrogen-bond acceptors (Lipinski definition) is 5. The highest BCUT2D eigenvalue weighted by molar-refractivity contribution is 6.23. The minimum atomic E-state index is -0.560. The SMILES string of the molecule is Cc1cc(OC(=O)[C@@H]2CC(=O)N(Cc3ccccc3)C2)ccc1N1C(=O)[C@@H]2C3c4ccccc4C(c4ccccc43)[C@H]2C1=O. The lowest BCUT2D eigenvalue weighted by Gasteiger charge is -2.45. The topological polar surface area (TPSA) is 84.0 Å². The first-order valence-electron chi connectivity index (χ1n) is 15.1. The number of rotatable bonds is 5. The van der Waals surface area contributed by atoms with Crippen molar-refractivity contribution in [1.82, 2.24) is 4.90 Å². The molecule has 2 heterocycles. The number of amides is 3. The van der Waals surface area contributed by atoms with Crippen molar-refractivity contribution in [2.24, 2.45) is 17.8 Å². The lowest BCUT2D eigenvalue weighted by Crippen LogP contribution is -2.41. The van der Waals surface area contributed by atoms with Crippen LogP contribution in [0.15, 0.2) is 97.1 Å². The van der Waals surface area contributed by atoms with E-state index in [1.54, 1.807) is 23.1 Å². The van der Waals surface area contributed by atoms with Gasteiger partial charge >= 0.3 is 5.97 Å². The second-order valence-electron chi connectivity index (χ2n) is 12.3. The van der Waals surface area contributed by atoms with E-state index in [4.69, 9.17) is 4.74 Å². The molecule has 4 aromatic rings. The number of benzene rings is 4. The Kier molecular flexibility index (Phi) is 6.05. The smallest absolute Gasteiger partial charge is 0.316 e. The number of nitrogens with zero attached hydrogens (tertiary/aromatic N) is 2. The summed E-state index contributed by atoms with van der Waals surface area (Å²) in [6.07, 6.45) is 0.107. The van der Waals surface area contributed by atoms with Crippen molar-refractivity contribution >= 4 is 29.4 Å². The van der Waals surface area contributed by atoms with Crippen LogP contribution in [0.1, 0.15) is 51.6 Å². The van der Waals surface area contributed by atoms with Crippen LogP contribution in [0.3, 0.4) is 0 Å². The summed E-state index contributed by atoms with van der Waals surface area (Å²) in [4.78, 5) is 56.9. The van der Waals surface area contributed by atoms with Gasteiger partial charge in [0.2, 0.25) is 17.7 Å². The van der Waals surface area contributed by atoms with Gasteiger partial charge in [0.25, 0.3) is 0 Å². The second-order valence-corrected chi connectivity index (χ2v) is 12.3. The zero-order chi connectivity index (χ0) is 30.1. The highest BCUT2D eigenvalue weighted by atomic mass is 16.5. The predicted molar refractivity (Wildman–Crippen MR) is 163 cm³/mol. The number of imide groups is 1. The van der Waals surface area contributed by atoms with Gasteiger partial charge in [-0.3, -0.25) is 19.2 Å². The van der Waals surface area contributed by atoms with E-state index in [1.807, 2.05) is 61.5 Å². The maximum absolute atomic E-state index is 14.1.